The van der Waals surface area contributed by atoms with Gasteiger partial charge in [0.1, 0.15) is 15.7 Å². The monoisotopic (exact) mass is 359 g/mol. The lowest BCUT2D eigenvalue weighted by molar-refractivity contribution is 0.971. The number of fused-ring (bicyclic) bond motifs is 1. The Balaban J connectivity index is 2.02. The summed E-state index contributed by atoms with van der Waals surface area (Å²) in [5.74, 6) is 1.67. The summed E-state index contributed by atoms with van der Waals surface area (Å²) in [5, 5.41) is 13.6. The number of benzene rings is 1. The van der Waals surface area contributed by atoms with Crippen LogP contribution in [-0.2, 0) is 0 Å². The van der Waals surface area contributed by atoms with Crippen molar-refractivity contribution in [1.82, 2.24) is 9.97 Å². The van der Waals surface area contributed by atoms with Gasteiger partial charge in [0.25, 0.3) is 0 Å². The zero-order chi connectivity index (χ0) is 16.2. The van der Waals surface area contributed by atoms with Gasteiger partial charge in [0.05, 0.1) is 11.5 Å². The van der Waals surface area contributed by atoms with Gasteiger partial charge in [0.2, 0.25) is 0 Å². The fourth-order valence-electron chi connectivity index (χ4n) is 2.28. The molecule has 0 unspecified atom stereocenters. The van der Waals surface area contributed by atoms with Gasteiger partial charge >= 0.3 is 0 Å². The minimum absolute atomic E-state index is 0.577. The predicted octanol–water partition coefficient (Wildman–Crippen LogP) is 5.72. The third kappa shape index (κ3) is 3.66. The van der Waals surface area contributed by atoms with Crippen molar-refractivity contribution in [3.05, 3.63) is 40.5 Å². The van der Waals surface area contributed by atoms with Crippen molar-refractivity contribution in [2.75, 3.05) is 5.75 Å². The summed E-state index contributed by atoms with van der Waals surface area (Å²) >= 11 is 9.32. The first kappa shape index (κ1) is 16.3. The standard InChI is InChI=1S/C17H14ClN3S2/c1-11-20-16(22-9-3-2-8-19)15-14(10-23-17(15)21-11)12-4-6-13(18)7-5-12/h4-7,10H,2-3,9H2,1H3. The second kappa shape index (κ2) is 7.31. The molecule has 3 rings (SSSR count). The number of nitriles is 1. The van der Waals surface area contributed by atoms with Crippen LogP contribution in [0.5, 0.6) is 0 Å². The van der Waals surface area contributed by atoms with E-state index in [1.54, 1.807) is 23.1 Å². The Bertz CT molecular complexity index is 866. The molecule has 6 heteroatoms. The van der Waals surface area contributed by atoms with Crippen LogP contribution in [0, 0.1) is 18.3 Å². The highest BCUT2D eigenvalue weighted by Gasteiger charge is 2.14. The van der Waals surface area contributed by atoms with E-state index in [-0.39, 0.29) is 0 Å². The largest absolute Gasteiger partial charge is 0.226 e. The molecule has 2 heterocycles. The second-order valence-electron chi connectivity index (χ2n) is 5.02. The molecular formula is C17H14ClN3S2. The third-order valence-corrected chi connectivity index (χ3v) is 5.52. The molecule has 0 aliphatic rings. The van der Waals surface area contributed by atoms with Gasteiger partial charge in [-0.15, -0.1) is 23.1 Å². The summed E-state index contributed by atoms with van der Waals surface area (Å²) in [5.41, 5.74) is 2.26. The van der Waals surface area contributed by atoms with E-state index in [1.165, 1.54) is 0 Å². The zero-order valence-corrected chi connectivity index (χ0v) is 14.9. The van der Waals surface area contributed by atoms with Crippen molar-refractivity contribution in [3.8, 4) is 17.2 Å². The van der Waals surface area contributed by atoms with Gasteiger partial charge in [-0.05, 0) is 31.0 Å². The number of nitrogens with zero attached hydrogens (tertiary/aromatic N) is 3. The van der Waals surface area contributed by atoms with E-state index in [1.807, 2.05) is 31.2 Å². The number of thiophene rings is 1. The lowest BCUT2D eigenvalue weighted by Crippen LogP contribution is -1.92. The van der Waals surface area contributed by atoms with Crippen molar-refractivity contribution in [2.45, 2.75) is 24.8 Å². The molecule has 1 aromatic carbocycles. The number of rotatable bonds is 5. The van der Waals surface area contributed by atoms with Crippen LogP contribution in [0.1, 0.15) is 18.7 Å². The Labute approximate surface area is 148 Å². The summed E-state index contributed by atoms with van der Waals surface area (Å²) in [6.07, 6.45) is 1.44. The first-order valence-electron chi connectivity index (χ1n) is 7.20. The quantitative estimate of drug-likeness (QED) is 0.332. The molecule has 3 nitrogen and oxygen atoms in total. The fraction of sp³-hybridized carbons (Fsp3) is 0.235. The maximum atomic E-state index is 8.67. The van der Waals surface area contributed by atoms with Crippen molar-refractivity contribution < 1.29 is 0 Å². The first-order chi connectivity index (χ1) is 11.2. The van der Waals surface area contributed by atoms with Crippen LogP contribution in [0.15, 0.2) is 34.7 Å². The van der Waals surface area contributed by atoms with Gasteiger partial charge in [-0.3, -0.25) is 0 Å². The number of halogens is 1. The lowest BCUT2D eigenvalue weighted by atomic mass is 10.1. The molecule has 0 atom stereocenters. The molecule has 2 aromatic heterocycles. The van der Waals surface area contributed by atoms with Crippen molar-refractivity contribution in [1.29, 1.82) is 5.26 Å². The molecule has 3 aromatic rings. The average molecular weight is 360 g/mol. The van der Waals surface area contributed by atoms with Crippen LogP contribution in [0.25, 0.3) is 21.3 Å². The highest BCUT2D eigenvalue weighted by Crippen LogP contribution is 2.38. The average Bonchev–Trinajstić information content (AvgIpc) is 2.96. The molecule has 0 saturated carbocycles. The Hall–Kier alpha value is -1.61. The second-order valence-corrected chi connectivity index (χ2v) is 7.40. The number of aromatic nitrogens is 2. The van der Waals surface area contributed by atoms with Crippen LogP contribution in [0.2, 0.25) is 5.02 Å². The Morgan fingerprint density at radius 2 is 2.04 bits per heavy atom. The zero-order valence-electron chi connectivity index (χ0n) is 12.5. The smallest absolute Gasteiger partial charge is 0.128 e. The van der Waals surface area contributed by atoms with Crippen LogP contribution in [0.4, 0.5) is 0 Å². The molecule has 0 radical (unpaired) electrons. The lowest BCUT2D eigenvalue weighted by Gasteiger charge is -2.06. The van der Waals surface area contributed by atoms with E-state index in [0.29, 0.717) is 6.42 Å². The SMILES string of the molecule is Cc1nc(SCCCC#N)c2c(-c3ccc(Cl)cc3)csc2n1. The van der Waals surface area contributed by atoms with Gasteiger partial charge < -0.3 is 0 Å². The molecule has 0 bridgehead atoms. The maximum absolute atomic E-state index is 8.67. The summed E-state index contributed by atoms with van der Waals surface area (Å²) in [7, 11) is 0. The van der Waals surface area contributed by atoms with Crippen LogP contribution >= 0.6 is 34.7 Å². The van der Waals surface area contributed by atoms with Gasteiger partial charge in [-0.1, -0.05) is 23.7 Å². The number of hydrogen-bond donors (Lipinski definition) is 0. The number of unbranched alkanes of at least 4 members (excludes halogenated alkanes) is 1. The molecule has 0 fully saturated rings. The highest BCUT2D eigenvalue weighted by atomic mass is 35.5. The van der Waals surface area contributed by atoms with Crippen molar-refractivity contribution in [2.24, 2.45) is 0 Å². The first-order valence-corrected chi connectivity index (χ1v) is 9.45. The Morgan fingerprint density at radius 3 is 2.78 bits per heavy atom. The van der Waals surface area contributed by atoms with E-state index in [9.17, 15) is 0 Å². The maximum Gasteiger partial charge on any atom is 0.128 e. The van der Waals surface area contributed by atoms with E-state index in [4.69, 9.17) is 16.9 Å². The van der Waals surface area contributed by atoms with Crippen LogP contribution in [0.3, 0.4) is 0 Å². The Kier molecular flexibility index (Phi) is 5.16. The molecule has 0 aliphatic carbocycles. The summed E-state index contributed by atoms with van der Waals surface area (Å²) in [4.78, 5) is 10.2. The fourth-order valence-corrected chi connectivity index (χ4v) is 4.49. The van der Waals surface area contributed by atoms with Gasteiger partial charge in [-0.2, -0.15) is 5.26 Å². The summed E-state index contributed by atoms with van der Waals surface area (Å²) in [6, 6.07) is 10.0. The Morgan fingerprint density at radius 1 is 1.26 bits per heavy atom. The molecule has 0 N–H and O–H groups in total. The van der Waals surface area contributed by atoms with Gasteiger partial charge in [-0.25, -0.2) is 9.97 Å². The van der Waals surface area contributed by atoms with Crippen LogP contribution < -0.4 is 0 Å². The minimum Gasteiger partial charge on any atom is -0.226 e. The van der Waals surface area contributed by atoms with Crippen LogP contribution in [-0.4, -0.2) is 15.7 Å². The highest BCUT2D eigenvalue weighted by molar-refractivity contribution is 7.99. The van der Waals surface area contributed by atoms with E-state index in [2.05, 4.69) is 21.4 Å². The molecule has 0 saturated heterocycles. The summed E-state index contributed by atoms with van der Waals surface area (Å²) in [6.45, 7) is 1.92. The van der Waals surface area contributed by atoms with E-state index < -0.39 is 0 Å². The minimum atomic E-state index is 0.577. The number of hydrogen-bond acceptors (Lipinski definition) is 5. The van der Waals surface area contributed by atoms with E-state index in [0.717, 1.165) is 49.4 Å². The number of aryl methyl sites for hydroxylation is 1. The third-order valence-electron chi connectivity index (χ3n) is 3.34. The number of thioether (sulfide) groups is 1. The van der Waals surface area contributed by atoms with Crippen molar-refractivity contribution >= 4 is 44.9 Å². The molecule has 116 valence electrons. The molecule has 0 spiro atoms. The van der Waals surface area contributed by atoms with Crippen molar-refractivity contribution in [3.63, 3.8) is 0 Å². The summed E-state index contributed by atoms with van der Waals surface area (Å²) < 4.78 is 0. The van der Waals surface area contributed by atoms with E-state index >= 15 is 0 Å². The molecule has 0 aliphatic heterocycles. The van der Waals surface area contributed by atoms with Gasteiger partial charge in [0.15, 0.2) is 0 Å². The topological polar surface area (TPSA) is 49.6 Å². The molecular weight excluding hydrogens is 346 g/mol. The molecule has 0 amide bonds. The normalized spacial score (nSPS) is 10.8. The van der Waals surface area contributed by atoms with Gasteiger partial charge in [0, 0.05) is 28.1 Å². The predicted molar refractivity (Wildman–Crippen MR) is 98.2 cm³/mol. The molecule has 23 heavy (non-hydrogen) atoms.